The highest BCUT2D eigenvalue weighted by Crippen LogP contribution is 2.26. The molecule has 0 fully saturated rings. The quantitative estimate of drug-likeness (QED) is 0.529. The van der Waals surface area contributed by atoms with Crippen LogP contribution in [0, 0.1) is 0 Å². The van der Waals surface area contributed by atoms with Gasteiger partial charge in [0.2, 0.25) is 5.91 Å². The summed E-state index contributed by atoms with van der Waals surface area (Å²) >= 11 is 0.466. The Morgan fingerprint density at radius 3 is 2.07 bits per heavy atom. The molecule has 1 N–H and O–H groups in total. The molecule has 3 rings (SSSR count). The van der Waals surface area contributed by atoms with Crippen LogP contribution >= 0.6 is 11.8 Å². The van der Waals surface area contributed by atoms with Crippen molar-refractivity contribution < 1.29 is 22.4 Å². The number of anilines is 1. The van der Waals surface area contributed by atoms with E-state index in [2.05, 4.69) is 5.32 Å². The van der Waals surface area contributed by atoms with Gasteiger partial charge in [0.25, 0.3) is 5.76 Å². The Morgan fingerprint density at radius 2 is 1.59 bits per heavy atom. The monoisotopic (exact) mass is 392 g/mol. The van der Waals surface area contributed by atoms with Crippen LogP contribution in [-0.2, 0) is 17.9 Å². The molecule has 0 spiro atoms. The first kappa shape index (κ1) is 19.2. The maximum Gasteiger partial charge on any atom is 0.288 e. The fraction of sp³-hybridized carbons (Fsp3) is 0.211. The van der Waals surface area contributed by atoms with Gasteiger partial charge in [-0.25, -0.2) is 0 Å². The second kappa shape index (κ2) is 9.38. The van der Waals surface area contributed by atoms with Crippen molar-refractivity contribution in [2.75, 3.05) is 11.9 Å². The van der Waals surface area contributed by atoms with E-state index in [1.54, 1.807) is 48.9 Å². The highest BCUT2D eigenvalue weighted by atomic mass is 32.2. The standard InChI is InChI=1S/C19H18F2N2O3S/c20-19(21)27-17-7-5-14(6-8-17)22-18(24)13-23(11-15-3-1-9-25-15)12-16-4-2-10-26-16/h1-10,19H,11-13H2,(H,22,24). The van der Waals surface area contributed by atoms with Crippen LogP contribution in [0.2, 0.25) is 0 Å². The van der Waals surface area contributed by atoms with Gasteiger partial charge in [0.15, 0.2) is 0 Å². The van der Waals surface area contributed by atoms with E-state index in [1.165, 1.54) is 0 Å². The van der Waals surface area contributed by atoms with E-state index < -0.39 is 5.76 Å². The van der Waals surface area contributed by atoms with E-state index in [0.717, 1.165) is 11.5 Å². The minimum atomic E-state index is -2.47. The molecular formula is C19H18F2N2O3S. The highest BCUT2D eigenvalue weighted by Gasteiger charge is 2.15. The summed E-state index contributed by atoms with van der Waals surface area (Å²) in [5.74, 6) is -1.21. The van der Waals surface area contributed by atoms with Crippen molar-refractivity contribution in [2.45, 2.75) is 23.7 Å². The van der Waals surface area contributed by atoms with Gasteiger partial charge in [-0.2, -0.15) is 8.78 Å². The number of hydrogen-bond donors (Lipinski definition) is 1. The number of nitrogens with zero attached hydrogens (tertiary/aromatic N) is 1. The summed E-state index contributed by atoms with van der Waals surface area (Å²) in [4.78, 5) is 14.7. The van der Waals surface area contributed by atoms with Gasteiger partial charge < -0.3 is 14.2 Å². The van der Waals surface area contributed by atoms with E-state index in [-0.39, 0.29) is 12.5 Å². The van der Waals surface area contributed by atoms with Gasteiger partial charge in [-0.15, -0.1) is 0 Å². The molecule has 0 radical (unpaired) electrons. The Balaban J connectivity index is 1.59. The summed E-state index contributed by atoms with van der Waals surface area (Å²) in [6.07, 6.45) is 3.17. The molecule has 0 aliphatic rings. The zero-order valence-electron chi connectivity index (χ0n) is 14.3. The van der Waals surface area contributed by atoms with Crippen LogP contribution in [0.3, 0.4) is 0 Å². The zero-order chi connectivity index (χ0) is 19.1. The number of hydrogen-bond acceptors (Lipinski definition) is 5. The summed E-state index contributed by atoms with van der Waals surface area (Å²) in [6, 6.07) is 13.6. The molecule has 1 amide bonds. The highest BCUT2D eigenvalue weighted by molar-refractivity contribution is 7.99. The Labute approximate surface area is 159 Å². The third-order valence-corrected chi connectivity index (χ3v) is 4.37. The summed E-state index contributed by atoms with van der Waals surface area (Å²) < 4.78 is 35.4. The molecule has 0 aliphatic carbocycles. The number of carbonyl (C=O) groups excluding carboxylic acids is 1. The van der Waals surface area contributed by atoms with Crippen molar-refractivity contribution in [3.05, 3.63) is 72.6 Å². The molecule has 0 aliphatic heterocycles. The lowest BCUT2D eigenvalue weighted by molar-refractivity contribution is -0.117. The Hall–Kier alpha value is -2.58. The van der Waals surface area contributed by atoms with E-state index in [0.29, 0.717) is 35.4 Å². The summed E-state index contributed by atoms with van der Waals surface area (Å²) in [5, 5.41) is 2.77. The number of thioether (sulfide) groups is 1. The average molecular weight is 392 g/mol. The largest absolute Gasteiger partial charge is 0.468 e. The Morgan fingerprint density at radius 1 is 1.00 bits per heavy atom. The molecule has 0 bridgehead atoms. The Kier molecular flexibility index (Phi) is 6.67. The number of furan rings is 2. The maximum absolute atomic E-state index is 12.4. The van der Waals surface area contributed by atoms with Gasteiger partial charge in [-0.1, -0.05) is 11.8 Å². The summed E-state index contributed by atoms with van der Waals surface area (Å²) in [7, 11) is 0. The first-order valence-corrected chi connectivity index (χ1v) is 9.08. The first-order valence-electron chi connectivity index (χ1n) is 8.20. The van der Waals surface area contributed by atoms with Crippen molar-refractivity contribution in [3.63, 3.8) is 0 Å². The van der Waals surface area contributed by atoms with Crippen LogP contribution in [0.5, 0.6) is 0 Å². The zero-order valence-corrected chi connectivity index (χ0v) is 15.1. The van der Waals surface area contributed by atoms with E-state index in [4.69, 9.17) is 8.83 Å². The molecule has 0 unspecified atom stereocenters. The minimum Gasteiger partial charge on any atom is -0.468 e. The lowest BCUT2D eigenvalue weighted by atomic mass is 10.3. The molecule has 0 saturated carbocycles. The van der Waals surface area contributed by atoms with E-state index in [9.17, 15) is 13.6 Å². The third-order valence-electron chi connectivity index (χ3n) is 3.65. The molecule has 2 heterocycles. The van der Waals surface area contributed by atoms with Gasteiger partial charge in [0.1, 0.15) is 11.5 Å². The van der Waals surface area contributed by atoms with Crippen LogP contribution in [0.15, 0.2) is 74.8 Å². The molecular weight excluding hydrogens is 374 g/mol. The molecule has 0 atom stereocenters. The second-order valence-corrected chi connectivity index (χ2v) is 6.82. The van der Waals surface area contributed by atoms with Crippen molar-refractivity contribution in [2.24, 2.45) is 0 Å². The number of halogens is 2. The SMILES string of the molecule is O=C(CN(Cc1ccco1)Cc1ccco1)Nc1ccc(SC(F)F)cc1. The molecule has 8 heteroatoms. The first-order chi connectivity index (χ1) is 13.1. The number of benzene rings is 1. The van der Waals surface area contributed by atoms with Crippen LogP contribution in [-0.4, -0.2) is 23.1 Å². The van der Waals surface area contributed by atoms with E-state index >= 15 is 0 Å². The topological polar surface area (TPSA) is 58.6 Å². The van der Waals surface area contributed by atoms with Crippen molar-refractivity contribution in [3.8, 4) is 0 Å². The number of nitrogens with one attached hydrogen (secondary N) is 1. The molecule has 27 heavy (non-hydrogen) atoms. The van der Waals surface area contributed by atoms with Gasteiger partial charge in [-0.05, 0) is 48.5 Å². The lowest BCUT2D eigenvalue weighted by Crippen LogP contribution is -2.32. The normalized spacial score (nSPS) is 11.3. The van der Waals surface area contributed by atoms with Crippen LogP contribution in [0.25, 0.3) is 0 Å². The lowest BCUT2D eigenvalue weighted by Gasteiger charge is -2.19. The molecule has 1 aromatic carbocycles. The summed E-state index contributed by atoms with van der Waals surface area (Å²) in [5.41, 5.74) is 0.551. The molecule has 3 aromatic rings. The number of carbonyl (C=O) groups is 1. The molecule has 0 saturated heterocycles. The Bertz CT molecular complexity index is 785. The molecule has 2 aromatic heterocycles. The third kappa shape index (κ3) is 6.26. The number of rotatable bonds is 9. The number of amides is 1. The summed E-state index contributed by atoms with van der Waals surface area (Å²) in [6.45, 7) is 1.02. The minimum absolute atomic E-state index is 0.120. The van der Waals surface area contributed by atoms with Crippen molar-refractivity contribution in [1.29, 1.82) is 0 Å². The predicted octanol–water partition coefficient (Wildman–Crippen LogP) is 4.83. The smallest absolute Gasteiger partial charge is 0.288 e. The van der Waals surface area contributed by atoms with Crippen LogP contribution in [0.4, 0.5) is 14.5 Å². The van der Waals surface area contributed by atoms with Gasteiger partial charge in [0, 0.05) is 10.6 Å². The van der Waals surface area contributed by atoms with Crippen molar-refractivity contribution >= 4 is 23.4 Å². The van der Waals surface area contributed by atoms with Gasteiger partial charge in [0.05, 0.1) is 32.2 Å². The van der Waals surface area contributed by atoms with Crippen LogP contribution in [0.1, 0.15) is 11.5 Å². The van der Waals surface area contributed by atoms with Gasteiger partial charge >= 0.3 is 0 Å². The van der Waals surface area contributed by atoms with Crippen molar-refractivity contribution in [1.82, 2.24) is 4.90 Å². The second-order valence-electron chi connectivity index (χ2n) is 5.75. The fourth-order valence-electron chi connectivity index (χ4n) is 2.54. The number of alkyl halides is 2. The fourth-order valence-corrected chi connectivity index (χ4v) is 3.04. The molecule has 5 nitrogen and oxygen atoms in total. The maximum atomic E-state index is 12.4. The van der Waals surface area contributed by atoms with E-state index in [1.807, 2.05) is 17.0 Å². The average Bonchev–Trinajstić information content (AvgIpc) is 3.30. The van der Waals surface area contributed by atoms with Gasteiger partial charge in [-0.3, -0.25) is 9.69 Å². The molecule has 142 valence electrons. The predicted molar refractivity (Wildman–Crippen MR) is 98.5 cm³/mol. The van der Waals surface area contributed by atoms with Crippen LogP contribution < -0.4 is 5.32 Å².